The van der Waals surface area contributed by atoms with Crippen molar-refractivity contribution in [2.45, 2.75) is 44.4 Å². The second-order valence-electron chi connectivity index (χ2n) is 6.16. The average molecular weight is 292 g/mol. The number of ether oxygens (including phenoxy) is 1. The van der Waals surface area contributed by atoms with Crippen LogP contribution in [0.15, 0.2) is 24.3 Å². The third kappa shape index (κ3) is 3.62. The normalized spacial score (nSPS) is 27.5. The summed E-state index contributed by atoms with van der Waals surface area (Å²) in [5, 5.41) is 3.53. The SMILES string of the molecule is CCNC(Cc1cccc(F)c1)C1CN2CCCC2CO1. The highest BCUT2D eigenvalue weighted by Crippen LogP contribution is 2.24. The van der Waals surface area contributed by atoms with Gasteiger partial charge in [-0.05, 0) is 50.0 Å². The average Bonchev–Trinajstić information content (AvgIpc) is 2.94. The molecule has 2 saturated heterocycles. The molecule has 2 fully saturated rings. The Labute approximate surface area is 126 Å². The first kappa shape index (κ1) is 14.9. The Bertz CT molecular complexity index is 468. The van der Waals surface area contributed by atoms with E-state index in [1.807, 2.05) is 6.07 Å². The van der Waals surface area contributed by atoms with Crippen molar-refractivity contribution in [3.8, 4) is 0 Å². The molecule has 0 saturated carbocycles. The summed E-state index contributed by atoms with van der Waals surface area (Å²) in [5.41, 5.74) is 1.04. The third-order valence-corrected chi connectivity index (χ3v) is 4.68. The maximum atomic E-state index is 13.4. The predicted molar refractivity (Wildman–Crippen MR) is 81.9 cm³/mol. The van der Waals surface area contributed by atoms with Crippen molar-refractivity contribution in [1.82, 2.24) is 10.2 Å². The molecule has 2 aliphatic heterocycles. The van der Waals surface area contributed by atoms with Gasteiger partial charge in [0.05, 0.1) is 12.7 Å². The fraction of sp³-hybridized carbons (Fsp3) is 0.647. The first-order chi connectivity index (χ1) is 10.3. The van der Waals surface area contributed by atoms with Gasteiger partial charge in [0.15, 0.2) is 0 Å². The van der Waals surface area contributed by atoms with Gasteiger partial charge in [0, 0.05) is 18.6 Å². The Balaban J connectivity index is 1.66. The van der Waals surface area contributed by atoms with Crippen LogP contribution in [0.2, 0.25) is 0 Å². The molecule has 0 amide bonds. The van der Waals surface area contributed by atoms with E-state index in [1.54, 1.807) is 12.1 Å². The lowest BCUT2D eigenvalue weighted by Crippen LogP contribution is -2.54. The summed E-state index contributed by atoms with van der Waals surface area (Å²) in [6.45, 7) is 6.06. The van der Waals surface area contributed by atoms with Gasteiger partial charge in [-0.1, -0.05) is 19.1 Å². The molecule has 0 radical (unpaired) electrons. The molecule has 1 N–H and O–H groups in total. The zero-order valence-corrected chi connectivity index (χ0v) is 12.7. The van der Waals surface area contributed by atoms with Crippen LogP contribution in [0.4, 0.5) is 4.39 Å². The van der Waals surface area contributed by atoms with E-state index in [-0.39, 0.29) is 18.0 Å². The van der Waals surface area contributed by atoms with Crippen LogP contribution >= 0.6 is 0 Å². The van der Waals surface area contributed by atoms with Crippen molar-refractivity contribution in [1.29, 1.82) is 0 Å². The topological polar surface area (TPSA) is 24.5 Å². The Morgan fingerprint density at radius 3 is 3.19 bits per heavy atom. The summed E-state index contributed by atoms with van der Waals surface area (Å²) in [5.74, 6) is -0.160. The minimum Gasteiger partial charge on any atom is -0.374 e. The standard InChI is InChI=1S/C17H25FN2O/c1-2-19-16(10-13-5-3-6-14(18)9-13)17-11-20-8-4-7-15(20)12-21-17/h3,5-6,9,15-17,19H,2,4,7-8,10-12H2,1H3. The van der Waals surface area contributed by atoms with Gasteiger partial charge in [-0.15, -0.1) is 0 Å². The summed E-state index contributed by atoms with van der Waals surface area (Å²) in [6, 6.07) is 7.78. The maximum absolute atomic E-state index is 13.4. The van der Waals surface area contributed by atoms with Gasteiger partial charge < -0.3 is 10.1 Å². The van der Waals surface area contributed by atoms with Crippen LogP contribution in [0, 0.1) is 5.82 Å². The van der Waals surface area contributed by atoms with Crippen LogP contribution in [0.25, 0.3) is 0 Å². The lowest BCUT2D eigenvalue weighted by atomic mass is 9.99. The Morgan fingerprint density at radius 2 is 2.38 bits per heavy atom. The molecular formula is C17H25FN2O. The molecule has 2 aliphatic rings. The largest absolute Gasteiger partial charge is 0.374 e. The Morgan fingerprint density at radius 1 is 1.48 bits per heavy atom. The Kier molecular flexibility index (Phi) is 4.88. The molecular weight excluding hydrogens is 267 g/mol. The van der Waals surface area contributed by atoms with Crippen molar-refractivity contribution in [2.75, 3.05) is 26.2 Å². The van der Waals surface area contributed by atoms with E-state index >= 15 is 0 Å². The van der Waals surface area contributed by atoms with Crippen molar-refractivity contribution >= 4 is 0 Å². The minimum absolute atomic E-state index is 0.160. The fourth-order valence-corrected chi connectivity index (χ4v) is 3.60. The van der Waals surface area contributed by atoms with Crippen LogP contribution in [0.1, 0.15) is 25.3 Å². The summed E-state index contributed by atoms with van der Waals surface area (Å²) >= 11 is 0. The van der Waals surface area contributed by atoms with Gasteiger partial charge in [0.2, 0.25) is 0 Å². The number of hydrogen-bond donors (Lipinski definition) is 1. The number of morpholine rings is 1. The van der Waals surface area contributed by atoms with Crippen molar-refractivity contribution in [3.05, 3.63) is 35.6 Å². The number of benzene rings is 1. The number of rotatable bonds is 5. The number of likely N-dealkylation sites (N-methyl/N-ethyl adjacent to an activating group) is 1. The number of halogens is 1. The van der Waals surface area contributed by atoms with Gasteiger partial charge in [-0.25, -0.2) is 4.39 Å². The molecule has 21 heavy (non-hydrogen) atoms. The monoisotopic (exact) mass is 292 g/mol. The van der Waals surface area contributed by atoms with Gasteiger partial charge in [-0.2, -0.15) is 0 Å². The highest BCUT2D eigenvalue weighted by molar-refractivity contribution is 5.18. The molecule has 4 heteroatoms. The quantitative estimate of drug-likeness (QED) is 0.900. The third-order valence-electron chi connectivity index (χ3n) is 4.68. The lowest BCUT2D eigenvalue weighted by Gasteiger charge is -2.39. The van der Waals surface area contributed by atoms with Gasteiger partial charge in [0.1, 0.15) is 5.82 Å². The molecule has 3 rings (SSSR count). The Hall–Kier alpha value is -0.970. The highest BCUT2D eigenvalue weighted by Gasteiger charge is 2.35. The van der Waals surface area contributed by atoms with Crippen LogP contribution in [-0.4, -0.2) is 49.3 Å². The molecule has 1 aromatic carbocycles. The van der Waals surface area contributed by atoms with E-state index in [9.17, 15) is 4.39 Å². The van der Waals surface area contributed by atoms with E-state index in [2.05, 4.69) is 17.1 Å². The number of nitrogens with one attached hydrogen (secondary N) is 1. The zero-order chi connectivity index (χ0) is 14.7. The van der Waals surface area contributed by atoms with Crippen LogP contribution in [0.3, 0.4) is 0 Å². The van der Waals surface area contributed by atoms with Crippen LogP contribution in [0.5, 0.6) is 0 Å². The first-order valence-corrected chi connectivity index (χ1v) is 8.09. The van der Waals surface area contributed by atoms with Crippen molar-refractivity contribution in [3.63, 3.8) is 0 Å². The first-order valence-electron chi connectivity index (χ1n) is 8.09. The second-order valence-corrected chi connectivity index (χ2v) is 6.16. The van der Waals surface area contributed by atoms with Gasteiger partial charge in [0.25, 0.3) is 0 Å². The molecule has 1 aromatic rings. The molecule has 3 unspecified atom stereocenters. The van der Waals surface area contributed by atoms with Gasteiger partial charge in [-0.3, -0.25) is 4.90 Å². The van der Waals surface area contributed by atoms with Gasteiger partial charge >= 0.3 is 0 Å². The highest BCUT2D eigenvalue weighted by atomic mass is 19.1. The zero-order valence-electron chi connectivity index (χ0n) is 12.7. The molecule has 3 nitrogen and oxygen atoms in total. The van der Waals surface area contributed by atoms with Crippen LogP contribution in [-0.2, 0) is 11.2 Å². The number of hydrogen-bond acceptors (Lipinski definition) is 3. The maximum Gasteiger partial charge on any atom is 0.123 e. The van der Waals surface area contributed by atoms with E-state index < -0.39 is 0 Å². The van der Waals surface area contributed by atoms with Crippen molar-refractivity contribution < 1.29 is 9.13 Å². The molecule has 0 aromatic heterocycles. The number of fused-ring (bicyclic) bond motifs is 1. The molecule has 3 atom stereocenters. The summed E-state index contributed by atoms with van der Waals surface area (Å²) in [7, 11) is 0. The van der Waals surface area contributed by atoms with E-state index in [0.29, 0.717) is 6.04 Å². The van der Waals surface area contributed by atoms with E-state index in [4.69, 9.17) is 4.74 Å². The molecule has 0 spiro atoms. The van der Waals surface area contributed by atoms with E-state index in [1.165, 1.54) is 25.5 Å². The minimum atomic E-state index is -0.160. The second kappa shape index (κ2) is 6.86. The fourth-order valence-electron chi connectivity index (χ4n) is 3.60. The smallest absolute Gasteiger partial charge is 0.123 e. The van der Waals surface area contributed by atoms with E-state index in [0.717, 1.165) is 31.7 Å². The molecule has 0 aliphatic carbocycles. The summed E-state index contributed by atoms with van der Waals surface area (Å²) in [6.07, 6.45) is 3.57. The molecule has 116 valence electrons. The molecule has 0 bridgehead atoms. The summed E-state index contributed by atoms with van der Waals surface area (Å²) in [4.78, 5) is 2.56. The van der Waals surface area contributed by atoms with Crippen molar-refractivity contribution in [2.24, 2.45) is 0 Å². The lowest BCUT2D eigenvalue weighted by molar-refractivity contribution is -0.0641. The predicted octanol–water partition coefficient (Wildman–Crippen LogP) is 2.21. The molecule has 2 heterocycles. The number of nitrogens with zero attached hydrogens (tertiary/aromatic N) is 1. The summed E-state index contributed by atoms with van der Waals surface area (Å²) < 4.78 is 19.5. The van der Waals surface area contributed by atoms with Crippen LogP contribution < -0.4 is 5.32 Å².